The van der Waals surface area contributed by atoms with Gasteiger partial charge in [0.2, 0.25) is 0 Å². The Hall–Kier alpha value is -3.26. The van der Waals surface area contributed by atoms with Crippen LogP contribution in [0, 0.1) is 0 Å². The van der Waals surface area contributed by atoms with Gasteiger partial charge in [0.05, 0.1) is 12.2 Å². The Bertz CT molecular complexity index is 1130. The summed E-state index contributed by atoms with van der Waals surface area (Å²) in [5, 5.41) is 5.28. The molecule has 7 nitrogen and oxygen atoms in total. The van der Waals surface area contributed by atoms with E-state index in [-0.39, 0.29) is 23.8 Å². The van der Waals surface area contributed by atoms with Gasteiger partial charge in [-0.05, 0) is 47.2 Å². The molecular weight excluding hydrogens is 424 g/mol. The number of nitrogens with one attached hydrogen (secondary N) is 1. The molecule has 1 N–H and O–H groups in total. The number of thiazole rings is 1. The van der Waals surface area contributed by atoms with E-state index in [1.165, 1.54) is 11.3 Å². The number of nitrogens with zero attached hydrogens (tertiary/aromatic N) is 3. The number of pyridine rings is 1. The highest BCUT2D eigenvalue weighted by atomic mass is 32.1. The second kappa shape index (κ2) is 9.08. The maximum Gasteiger partial charge on any atom is 0.271 e. The smallest absolute Gasteiger partial charge is 0.271 e. The largest absolute Gasteiger partial charge is 0.482 e. The number of anilines is 1. The van der Waals surface area contributed by atoms with Gasteiger partial charge < -0.3 is 10.1 Å². The molecule has 0 bridgehead atoms. The second-order valence-electron chi connectivity index (χ2n) is 8.35. The third kappa shape index (κ3) is 4.65. The van der Waals surface area contributed by atoms with Gasteiger partial charge in [-0.1, -0.05) is 26.8 Å². The second-order valence-corrected chi connectivity index (χ2v) is 9.30. The SMILES string of the molecule is CCC(C)(C)c1ccc2c(c1)N(Cc1nc(C(=O)NCc3ccncc3)cs1)C(=O)CO2. The highest BCUT2D eigenvalue weighted by Crippen LogP contribution is 2.38. The van der Waals surface area contributed by atoms with Gasteiger partial charge >= 0.3 is 0 Å². The van der Waals surface area contributed by atoms with E-state index in [0.717, 1.165) is 23.2 Å². The summed E-state index contributed by atoms with van der Waals surface area (Å²) >= 11 is 1.37. The zero-order valence-corrected chi connectivity index (χ0v) is 19.2. The van der Waals surface area contributed by atoms with Gasteiger partial charge in [-0.25, -0.2) is 4.98 Å². The fourth-order valence-electron chi connectivity index (χ4n) is 3.40. The van der Waals surface area contributed by atoms with E-state index in [9.17, 15) is 9.59 Å². The number of fused-ring (bicyclic) bond motifs is 1. The Kier molecular flexibility index (Phi) is 6.23. The minimum absolute atomic E-state index is 0.00579. The van der Waals surface area contributed by atoms with Gasteiger partial charge in [0.25, 0.3) is 11.8 Å². The first-order valence-electron chi connectivity index (χ1n) is 10.6. The molecule has 4 rings (SSSR count). The molecule has 0 spiro atoms. The van der Waals surface area contributed by atoms with Crippen LogP contribution in [0.25, 0.3) is 0 Å². The Balaban J connectivity index is 1.50. The number of carbonyl (C=O) groups excluding carboxylic acids is 2. The number of ether oxygens (including phenoxy) is 1. The zero-order chi connectivity index (χ0) is 22.7. The van der Waals surface area contributed by atoms with Gasteiger partial charge in [0, 0.05) is 24.3 Å². The molecule has 0 aliphatic carbocycles. The number of carbonyl (C=O) groups is 2. The van der Waals surface area contributed by atoms with Crippen LogP contribution in [0.3, 0.4) is 0 Å². The third-order valence-corrected chi connectivity index (χ3v) is 6.68. The van der Waals surface area contributed by atoms with Crippen LogP contribution in [0.15, 0.2) is 48.1 Å². The minimum atomic E-state index is -0.245. The van der Waals surface area contributed by atoms with Crippen LogP contribution in [-0.2, 0) is 23.3 Å². The molecular formula is C24H26N4O3S. The van der Waals surface area contributed by atoms with Gasteiger partial charge in [-0.3, -0.25) is 19.5 Å². The molecule has 2 aromatic heterocycles. The number of hydrogen-bond acceptors (Lipinski definition) is 6. The predicted molar refractivity (Wildman–Crippen MR) is 124 cm³/mol. The molecule has 1 aliphatic heterocycles. The summed E-state index contributed by atoms with van der Waals surface area (Å²) in [6.07, 6.45) is 4.35. The van der Waals surface area contributed by atoms with Crippen LogP contribution < -0.4 is 15.0 Å². The predicted octanol–water partition coefficient (Wildman–Crippen LogP) is 4.08. The normalized spacial score (nSPS) is 13.5. The van der Waals surface area contributed by atoms with Crippen molar-refractivity contribution in [3.05, 3.63) is 69.9 Å². The number of aromatic nitrogens is 2. The fourth-order valence-corrected chi connectivity index (χ4v) is 4.16. The summed E-state index contributed by atoms with van der Waals surface area (Å²) in [5.74, 6) is 0.319. The molecule has 1 aliphatic rings. The molecule has 166 valence electrons. The summed E-state index contributed by atoms with van der Waals surface area (Å²) in [4.78, 5) is 35.3. The van der Waals surface area contributed by atoms with Crippen molar-refractivity contribution < 1.29 is 14.3 Å². The Morgan fingerprint density at radius 3 is 2.78 bits per heavy atom. The zero-order valence-electron chi connectivity index (χ0n) is 18.4. The monoisotopic (exact) mass is 450 g/mol. The number of rotatable bonds is 7. The lowest BCUT2D eigenvalue weighted by Crippen LogP contribution is -2.38. The van der Waals surface area contributed by atoms with Crippen molar-refractivity contribution in [2.45, 2.75) is 45.7 Å². The average molecular weight is 451 g/mol. The molecule has 2 amide bonds. The van der Waals surface area contributed by atoms with Crippen LogP contribution in [0.2, 0.25) is 0 Å². The number of amides is 2. The van der Waals surface area contributed by atoms with Crippen LogP contribution in [0.5, 0.6) is 5.75 Å². The quantitative estimate of drug-likeness (QED) is 0.586. The van der Waals surface area contributed by atoms with Crippen molar-refractivity contribution in [1.29, 1.82) is 0 Å². The summed E-state index contributed by atoms with van der Waals surface area (Å²) in [6, 6.07) is 9.72. The third-order valence-electron chi connectivity index (χ3n) is 5.85. The van der Waals surface area contributed by atoms with Crippen molar-refractivity contribution in [2.24, 2.45) is 0 Å². The molecule has 0 saturated heterocycles. The summed E-state index contributed by atoms with van der Waals surface area (Å²) < 4.78 is 5.65. The van der Waals surface area contributed by atoms with Crippen molar-refractivity contribution in [3.8, 4) is 5.75 Å². The number of benzene rings is 1. The van der Waals surface area contributed by atoms with Gasteiger partial charge in [0.1, 0.15) is 16.5 Å². The lowest BCUT2D eigenvalue weighted by Gasteiger charge is -2.31. The van der Waals surface area contributed by atoms with E-state index >= 15 is 0 Å². The van der Waals surface area contributed by atoms with Crippen molar-refractivity contribution >= 4 is 28.8 Å². The molecule has 32 heavy (non-hydrogen) atoms. The molecule has 0 saturated carbocycles. The van der Waals surface area contributed by atoms with Crippen LogP contribution >= 0.6 is 11.3 Å². The highest BCUT2D eigenvalue weighted by molar-refractivity contribution is 7.09. The molecule has 1 aromatic carbocycles. The van der Waals surface area contributed by atoms with E-state index in [0.29, 0.717) is 29.5 Å². The van der Waals surface area contributed by atoms with E-state index in [4.69, 9.17) is 4.74 Å². The molecule has 0 unspecified atom stereocenters. The first-order valence-corrected chi connectivity index (χ1v) is 11.4. The van der Waals surface area contributed by atoms with E-state index in [1.54, 1.807) is 22.7 Å². The fraction of sp³-hybridized carbons (Fsp3) is 0.333. The summed E-state index contributed by atoms with van der Waals surface area (Å²) in [6.45, 7) is 7.21. The topological polar surface area (TPSA) is 84.4 Å². The maximum absolute atomic E-state index is 12.7. The molecule has 0 fully saturated rings. The van der Waals surface area contributed by atoms with Crippen molar-refractivity contribution in [3.63, 3.8) is 0 Å². The molecule has 8 heteroatoms. The van der Waals surface area contributed by atoms with E-state index in [1.807, 2.05) is 24.3 Å². The van der Waals surface area contributed by atoms with Gasteiger partial charge in [-0.15, -0.1) is 11.3 Å². The first-order chi connectivity index (χ1) is 15.4. The highest BCUT2D eigenvalue weighted by Gasteiger charge is 2.29. The number of hydrogen-bond donors (Lipinski definition) is 1. The first kappa shape index (κ1) is 22.0. The van der Waals surface area contributed by atoms with Gasteiger partial charge in [-0.2, -0.15) is 0 Å². The summed E-state index contributed by atoms with van der Waals surface area (Å²) in [5.41, 5.74) is 3.20. The lowest BCUT2D eigenvalue weighted by atomic mass is 9.82. The van der Waals surface area contributed by atoms with Crippen molar-refractivity contribution in [2.75, 3.05) is 11.5 Å². The van der Waals surface area contributed by atoms with Crippen LogP contribution in [0.4, 0.5) is 5.69 Å². The van der Waals surface area contributed by atoms with Crippen LogP contribution in [-0.4, -0.2) is 28.4 Å². The molecule has 0 radical (unpaired) electrons. The van der Waals surface area contributed by atoms with Crippen LogP contribution in [0.1, 0.15) is 53.8 Å². The minimum Gasteiger partial charge on any atom is -0.482 e. The standard InChI is InChI=1S/C24H26N4O3S/c1-4-24(2,3)17-5-6-20-19(11-17)28(22(29)14-31-20)13-21-27-18(15-32-21)23(30)26-12-16-7-9-25-10-8-16/h5-11,15H,4,12-14H2,1-3H3,(H,26,30). The average Bonchev–Trinajstić information content (AvgIpc) is 3.28. The van der Waals surface area contributed by atoms with Crippen molar-refractivity contribution in [1.82, 2.24) is 15.3 Å². The molecule has 3 heterocycles. The van der Waals surface area contributed by atoms with Gasteiger partial charge in [0.15, 0.2) is 6.61 Å². The Labute approximate surface area is 191 Å². The van der Waals surface area contributed by atoms with E-state index < -0.39 is 0 Å². The maximum atomic E-state index is 12.7. The Morgan fingerprint density at radius 2 is 2.03 bits per heavy atom. The molecule has 0 atom stereocenters. The molecule has 3 aromatic rings. The lowest BCUT2D eigenvalue weighted by molar-refractivity contribution is -0.121. The van der Waals surface area contributed by atoms with E-state index in [2.05, 4.69) is 42.1 Å². The Morgan fingerprint density at radius 1 is 1.25 bits per heavy atom. The summed E-state index contributed by atoms with van der Waals surface area (Å²) in [7, 11) is 0.